The van der Waals surface area contributed by atoms with Crippen LogP contribution in [0.2, 0.25) is 10.0 Å². The zero-order valence-corrected chi connectivity index (χ0v) is 11.5. The number of benzene rings is 1. The van der Waals surface area contributed by atoms with Gasteiger partial charge in [0.2, 0.25) is 0 Å². The summed E-state index contributed by atoms with van der Waals surface area (Å²) >= 11 is 12.1. The van der Waals surface area contributed by atoms with Crippen LogP contribution >= 0.6 is 23.2 Å². The first-order valence-electron chi connectivity index (χ1n) is 5.33. The molecule has 2 rings (SSSR count). The van der Waals surface area contributed by atoms with Gasteiger partial charge in [0, 0.05) is 21.2 Å². The lowest BCUT2D eigenvalue weighted by molar-refractivity contribution is 0.0595. The second kappa shape index (κ2) is 5.47. The molecule has 19 heavy (non-hydrogen) atoms. The summed E-state index contributed by atoms with van der Waals surface area (Å²) in [6, 6.07) is 8.21. The highest BCUT2D eigenvalue weighted by atomic mass is 35.5. The Morgan fingerprint density at radius 3 is 2.63 bits per heavy atom. The molecule has 0 spiro atoms. The van der Waals surface area contributed by atoms with Gasteiger partial charge in [-0.05, 0) is 30.3 Å². The minimum atomic E-state index is -0.585. The van der Waals surface area contributed by atoms with E-state index in [1.165, 1.54) is 7.11 Å². The molecular weight excluding hydrogens is 287 g/mol. The summed E-state index contributed by atoms with van der Waals surface area (Å²) in [5, 5.41) is 0.966. The molecule has 0 aliphatic carbocycles. The summed E-state index contributed by atoms with van der Waals surface area (Å²) in [6.07, 6.45) is 0. The molecule has 2 N–H and O–H groups in total. The average molecular weight is 297 g/mol. The van der Waals surface area contributed by atoms with Crippen LogP contribution in [0, 0.1) is 0 Å². The molecule has 0 aliphatic rings. The number of nitrogens with two attached hydrogens (primary N) is 1. The van der Waals surface area contributed by atoms with Gasteiger partial charge in [0.25, 0.3) is 0 Å². The molecule has 6 heteroatoms. The molecule has 1 aromatic heterocycles. The van der Waals surface area contributed by atoms with Crippen molar-refractivity contribution in [1.82, 2.24) is 4.98 Å². The maximum absolute atomic E-state index is 11.7. The Balaban J connectivity index is 2.68. The summed E-state index contributed by atoms with van der Waals surface area (Å²) in [5.74, 6) is -0.361. The first-order chi connectivity index (χ1) is 9.02. The van der Waals surface area contributed by atoms with Gasteiger partial charge in [-0.3, -0.25) is 0 Å². The van der Waals surface area contributed by atoms with Gasteiger partial charge in [0.15, 0.2) is 5.69 Å². The van der Waals surface area contributed by atoms with Gasteiger partial charge in [-0.15, -0.1) is 0 Å². The van der Waals surface area contributed by atoms with Crippen molar-refractivity contribution >= 4 is 35.0 Å². The van der Waals surface area contributed by atoms with Crippen LogP contribution < -0.4 is 5.73 Å². The normalized spacial score (nSPS) is 10.3. The van der Waals surface area contributed by atoms with Crippen LogP contribution in [0.1, 0.15) is 10.5 Å². The number of rotatable bonds is 2. The van der Waals surface area contributed by atoms with E-state index in [1.807, 2.05) is 0 Å². The number of hydrogen-bond donors (Lipinski definition) is 1. The fraction of sp³-hybridized carbons (Fsp3) is 0.0769. The number of nitrogen functional groups attached to an aromatic ring is 1. The van der Waals surface area contributed by atoms with Crippen molar-refractivity contribution in [3.63, 3.8) is 0 Å². The summed E-state index contributed by atoms with van der Waals surface area (Å²) in [7, 11) is 1.27. The maximum atomic E-state index is 11.7. The van der Waals surface area contributed by atoms with E-state index in [2.05, 4.69) is 4.98 Å². The van der Waals surface area contributed by atoms with E-state index >= 15 is 0 Å². The number of aromatic nitrogens is 1. The number of nitrogens with zero attached hydrogens (tertiary/aromatic N) is 1. The third-order valence-corrected chi connectivity index (χ3v) is 3.08. The number of anilines is 1. The lowest BCUT2D eigenvalue weighted by atomic mass is 10.0. The van der Waals surface area contributed by atoms with Gasteiger partial charge in [0.1, 0.15) is 5.82 Å². The molecule has 4 nitrogen and oxygen atoms in total. The third-order valence-electron chi connectivity index (χ3n) is 2.51. The van der Waals surface area contributed by atoms with E-state index in [9.17, 15) is 4.79 Å². The number of carbonyl (C=O) groups excluding carboxylic acids is 1. The van der Waals surface area contributed by atoms with Crippen LogP contribution in [0.15, 0.2) is 30.3 Å². The van der Waals surface area contributed by atoms with Crippen LogP contribution in [0.3, 0.4) is 0 Å². The van der Waals surface area contributed by atoms with Gasteiger partial charge in [-0.1, -0.05) is 23.2 Å². The molecule has 98 valence electrons. The maximum Gasteiger partial charge on any atom is 0.357 e. The molecule has 0 saturated carbocycles. The summed E-state index contributed by atoms with van der Waals surface area (Å²) in [5.41, 5.74) is 6.81. The van der Waals surface area contributed by atoms with E-state index in [-0.39, 0.29) is 11.5 Å². The monoisotopic (exact) mass is 296 g/mol. The van der Waals surface area contributed by atoms with Crippen LogP contribution in [0.25, 0.3) is 11.1 Å². The van der Waals surface area contributed by atoms with Gasteiger partial charge in [-0.25, -0.2) is 9.78 Å². The van der Waals surface area contributed by atoms with Gasteiger partial charge >= 0.3 is 5.97 Å². The molecule has 1 heterocycles. The Bertz CT molecular complexity index is 645. The molecule has 0 unspecified atom stereocenters. The van der Waals surface area contributed by atoms with E-state index in [4.69, 9.17) is 33.7 Å². The van der Waals surface area contributed by atoms with E-state index in [0.717, 1.165) is 0 Å². The lowest BCUT2D eigenvalue weighted by Gasteiger charge is -2.10. The van der Waals surface area contributed by atoms with Crippen molar-refractivity contribution < 1.29 is 9.53 Å². The second-order valence-corrected chi connectivity index (χ2v) is 4.59. The Morgan fingerprint density at radius 2 is 1.95 bits per heavy atom. The quantitative estimate of drug-likeness (QED) is 0.862. The van der Waals surface area contributed by atoms with Gasteiger partial charge in [0.05, 0.1) is 7.11 Å². The highest BCUT2D eigenvalue weighted by Crippen LogP contribution is 2.32. The summed E-state index contributed by atoms with van der Waals surface area (Å²) in [6.45, 7) is 0. The fourth-order valence-electron chi connectivity index (χ4n) is 1.65. The van der Waals surface area contributed by atoms with Crippen LogP contribution in [-0.2, 0) is 4.74 Å². The van der Waals surface area contributed by atoms with Crippen molar-refractivity contribution in [3.05, 3.63) is 46.1 Å². The molecule has 0 saturated heterocycles. The van der Waals surface area contributed by atoms with E-state index in [1.54, 1.807) is 30.3 Å². The van der Waals surface area contributed by atoms with E-state index in [0.29, 0.717) is 21.2 Å². The summed E-state index contributed by atoms with van der Waals surface area (Å²) < 4.78 is 4.69. The standard InChI is InChI=1S/C13H10Cl2N2O2/c1-19-13(18)12-8(3-5-11(16)17-12)9-6-7(14)2-4-10(9)15/h2-6H,1H3,(H2,16,17). The predicted molar refractivity (Wildman–Crippen MR) is 75.4 cm³/mol. The molecule has 0 bridgehead atoms. The molecule has 0 atom stereocenters. The Labute approximate surface area is 120 Å². The topological polar surface area (TPSA) is 65.2 Å². The van der Waals surface area contributed by atoms with Crippen molar-refractivity contribution in [1.29, 1.82) is 0 Å². The molecule has 0 aliphatic heterocycles. The molecule has 1 aromatic carbocycles. The summed E-state index contributed by atoms with van der Waals surface area (Å²) in [4.78, 5) is 15.7. The van der Waals surface area contributed by atoms with Crippen molar-refractivity contribution in [3.8, 4) is 11.1 Å². The fourth-order valence-corrected chi connectivity index (χ4v) is 2.04. The van der Waals surface area contributed by atoms with Crippen molar-refractivity contribution in [2.24, 2.45) is 0 Å². The van der Waals surface area contributed by atoms with Crippen LogP contribution in [-0.4, -0.2) is 18.1 Å². The SMILES string of the molecule is COC(=O)c1nc(N)ccc1-c1cc(Cl)ccc1Cl. The van der Waals surface area contributed by atoms with Crippen LogP contribution in [0.4, 0.5) is 5.82 Å². The van der Waals surface area contributed by atoms with Gasteiger partial charge in [-0.2, -0.15) is 0 Å². The van der Waals surface area contributed by atoms with Crippen molar-refractivity contribution in [2.75, 3.05) is 12.8 Å². The number of carbonyl (C=O) groups is 1. The first-order valence-corrected chi connectivity index (χ1v) is 6.08. The van der Waals surface area contributed by atoms with Gasteiger partial charge < -0.3 is 10.5 Å². The Hall–Kier alpha value is -1.78. The largest absolute Gasteiger partial charge is 0.464 e. The smallest absolute Gasteiger partial charge is 0.357 e. The predicted octanol–water partition coefficient (Wildman–Crippen LogP) is 3.42. The van der Waals surface area contributed by atoms with Crippen molar-refractivity contribution in [2.45, 2.75) is 0 Å². The molecular formula is C13H10Cl2N2O2. The third kappa shape index (κ3) is 2.80. The highest BCUT2D eigenvalue weighted by molar-refractivity contribution is 6.35. The lowest BCUT2D eigenvalue weighted by Crippen LogP contribution is -2.08. The Morgan fingerprint density at radius 1 is 1.21 bits per heavy atom. The zero-order chi connectivity index (χ0) is 14.0. The van der Waals surface area contributed by atoms with Crippen LogP contribution in [0.5, 0.6) is 0 Å². The zero-order valence-electron chi connectivity index (χ0n) is 9.98. The minimum absolute atomic E-state index is 0.103. The Kier molecular flexibility index (Phi) is 3.93. The number of pyridine rings is 1. The number of ether oxygens (including phenoxy) is 1. The number of esters is 1. The average Bonchev–Trinajstić information content (AvgIpc) is 2.41. The minimum Gasteiger partial charge on any atom is -0.464 e. The molecule has 0 amide bonds. The number of hydrogen-bond acceptors (Lipinski definition) is 4. The first kappa shape index (κ1) is 13.6. The molecule has 0 radical (unpaired) electrons. The molecule has 2 aromatic rings. The number of methoxy groups -OCH3 is 1. The second-order valence-electron chi connectivity index (χ2n) is 3.75. The number of halogens is 2. The van der Waals surface area contributed by atoms with E-state index < -0.39 is 5.97 Å². The molecule has 0 fully saturated rings. The highest BCUT2D eigenvalue weighted by Gasteiger charge is 2.17.